The van der Waals surface area contributed by atoms with E-state index in [1.165, 1.54) is 19.3 Å². The van der Waals surface area contributed by atoms with Crippen LogP contribution in [-0.4, -0.2) is 38.7 Å². The maximum absolute atomic E-state index is 12.7. The van der Waals surface area contributed by atoms with Crippen LogP contribution in [0.15, 0.2) is 0 Å². The van der Waals surface area contributed by atoms with Gasteiger partial charge in [-0.3, -0.25) is 4.79 Å². The van der Waals surface area contributed by atoms with Gasteiger partial charge in [-0.25, -0.2) is 0 Å². The molecule has 2 aliphatic rings. The van der Waals surface area contributed by atoms with Gasteiger partial charge in [0.05, 0.1) is 6.04 Å². The summed E-state index contributed by atoms with van der Waals surface area (Å²) < 4.78 is 2.28. The van der Waals surface area contributed by atoms with Crippen LogP contribution >= 0.6 is 0 Å². The summed E-state index contributed by atoms with van der Waals surface area (Å²) in [4.78, 5) is 14.8. The Balaban J connectivity index is 1.63. The third kappa shape index (κ3) is 3.97. The van der Waals surface area contributed by atoms with Crippen molar-refractivity contribution < 1.29 is 4.79 Å². The molecule has 3 heterocycles. The average molecular weight is 333 g/mol. The lowest BCUT2D eigenvalue weighted by atomic mass is 9.99. The molecule has 1 aromatic heterocycles. The Labute approximate surface area is 144 Å². The zero-order chi connectivity index (χ0) is 16.8. The Morgan fingerprint density at radius 1 is 1.04 bits per heavy atom. The van der Waals surface area contributed by atoms with Crippen LogP contribution in [0.3, 0.4) is 0 Å². The standard InChI is InChI=1S/C18H31N5O/c19-12-6-2-1-3-11-17(24)22-13-7-4-9-15(22)18-21-20-16-10-5-8-14-23(16)18/h15H,1-14,19H2. The minimum Gasteiger partial charge on any atom is -0.332 e. The molecule has 0 spiro atoms. The highest BCUT2D eigenvalue weighted by Gasteiger charge is 2.32. The molecule has 3 rings (SSSR count). The Kier molecular flexibility index (Phi) is 6.24. The number of carbonyl (C=O) groups is 1. The third-order valence-corrected chi connectivity index (χ3v) is 5.35. The van der Waals surface area contributed by atoms with Crippen molar-refractivity contribution in [2.75, 3.05) is 13.1 Å². The van der Waals surface area contributed by atoms with E-state index in [9.17, 15) is 4.79 Å². The zero-order valence-electron chi connectivity index (χ0n) is 14.8. The molecule has 1 unspecified atom stereocenters. The molecule has 1 saturated heterocycles. The highest BCUT2D eigenvalue weighted by atomic mass is 16.2. The Morgan fingerprint density at radius 2 is 1.88 bits per heavy atom. The number of rotatable bonds is 7. The Bertz CT molecular complexity index is 542. The van der Waals surface area contributed by atoms with Gasteiger partial charge in [0.2, 0.25) is 5.91 Å². The molecule has 1 fully saturated rings. The fraction of sp³-hybridized carbons (Fsp3) is 0.833. The quantitative estimate of drug-likeness (QED) is 0.778. The van der Waals surface area contributed by atoms with Crippen LogP contribution in [0.5, 0.6) is 0 Å². The number of fused-ring (bicyclic) bond motifs is 1. The fourth-order valence-electron chi connectivity index (χ4n) is 3.99. The van der Waals surface area contributed by atoms with E-state index >= 15 is 0 Å². The van der Waals surface area contributed by atoms with E-state index in [-0.39, 0.29) is 6.04 Å². The van der Waals surface area contributed by atoms with Crippen LogP contribution in [0.4, 0.5) is 0 Å². The molecule has 2 aliphatic heterocycles. The summed E-state index contributed by atoms with van der Waals surface area (Å²) >= 11 is 0. The predicted octanol–water partition coefficient (Wildman–Crippen LogP) is 2.58. The Morgan fingerprint density at radius 3 is 2.75 bits per heavy atom. The van der Waals surface area contributed by atoms with E-state index in [2.05, 4.69) is 19.7 Å². The third-order valence-electron chi connectivity index (χ3n) is 5.35. The van der Waals surface area contributed by atoms with Crippen LogP contribution in [0, 0.1) is 0 Å². The molecule has 0 bridgehead atoms. The van der Waals surface area contributed by atoms with Gasteiger partial charge in [0.25, 0.3) is 0 Å². The van der Waals surface area contributed by atoms with Crippen molar-refractivity contribution in [1.82, 2.24) is 19.7 Å². The summed E-state index contributed by atoms with van der Waals surface area (Å²) in [6, 6.07) is 0.134. The highest BCUT2D eigenvalue weighted by molar-refractivity contribution is 5.76. The van der Waals surface area contributed by atoms with Crippen molar-refractivity contribution >= 4 is 5.91 Å². The lowest BCUT2D eigenvalue weighted by Crippen LogP contribution is -2.39. The number of nitrogens with two attached hydrogens (primary N) is 1. The van der Waals surface area contributed by atoms with Gasteiger partial charge in [0, 0.05) is 25.9 Å². The van der Waals surface area contributed by atoms with Crippen molar-refractivity contribution in [3.63, 3.8) is 0 Å². The van der Waals surface area contributed by atoms with Crippen molar-refractivity contribution in [3.05, 3.63) is 11.6 Å². The van der Waals surface area contributed by atoms with Gasteiger partial charge in [-0.05, 0) is 51.5 Å². The number of likely N-dealkylation sites (tertiary alicyclic amines) is 1. The van der Waals surface area contributed by atoms with E-state index in [0.29, 0.717) is 12.3 Å². The first-order valence-electron chi connectivity index (χ1n) is 9.73. The maximum atomic E-state index is 12.7. The number of nitrogens with zero attached hydrogens (tertiary/aromatic N) is 4. The first-order valence-corrected chi connectivity index (χ1v) is 9.73. The molecule has 24 heavy (non-hydrogen) atoms. The minimum atomic E-state index is 0.134. The van der Waals surface area contributed by atoms with E-state index in [0.717, 1.165) is 76.2 Å². The lowest BCUT2D eigenvalue weighted by molar-refractivity contribution is -0.135. The summed E-state index contributed by atoms with van der Waals surface area (Å²) in [5, 5.41) is 8.86. The van der Waals surface area contributed by atoms with Gasteiger partial charge in [-0.2, -0.15) is 0 Å². The summed E-state index contributed by atoms with van der Waals surface area (Å²) in [7, 11) is 0. The molecular formula is C18H31N5O. The normalized spacial score (nSPS) is 20.9. The first kappa shape index (κ1) is 17.4. The van der Waals surface area contributed by atoms with Gasteiger partial charge in [-0.15, -0.1) is 10.2 Å². The number of carbonyl (C=O) groups excluding carboxylic acids is 1. The average Bonchev–Trinajstić information content (AvgIpc) is 3.05. The molecule has 0 aromatic carbocycles. The molecule has 0 radical (unpaired) electrons. The maximum Gasteiger partial charge on any atom is 0.223 e. The van der Waals surface area contributed by atoms with E-state index in [4.69, 9.17) is 5.73 Å². The van der Waals surface area contributed by atoms with Crippen molar-refractivity contribution in [1.29, 1.82) is 0 Å². The smallest absolute Gasteiger partial charge is 0.223 e. The van der Waals surface area contributed by atoms with Gasteiger partial charge < -0.3 is 15.2 Å². The van der Waals surface area contributed by atoms with Gasteiger partial charge in [0.15, 0.2) is 5.82 Å². The van der Waals surface area contributed by atoms with Crippen LogP contribution in [0.1, 0.15) is 81.9 Å². The second-order valence-electron chi connectivity index (χ2n) is 7.13. The molecule has 6 nitrogen and oxygen atoms in total. The molecule has 0 aliphatic carbocycles. The second-order valence-corrected chi connectivity index (χ2v) is 7.13. The van der Waals surface area contributed by atoms with Crippen LogP contribution < -0.4 is 5.73 Å². The molecule has 1 atom stereocenters. The summed E-state index contributed by atoms with van der Waals surface area (Å²) in [6.45, 7) is 2.63. The van der Waals surface area contributed by atoms with Crippen molar-refractivity contribution in [2.24, 2.45) is 5.73 Å². The molecule has 1 aromatic rings. The SMILES string of the molecule is NCCCCCCC(=O)N1CCCCC1c1nnc2n1CCCC2. The first-order chi connectivity index (χ1) is 11.8. The monoisotopic (exact) mass is 333 g/mol. The number of hydrogen-bond acceptors (Lipinski definition) is 4. The predicted molar refractivity (Wildman–Crippen MR) is 93.4 cm³/mol. The number of aromatic nitrogens is 3. The van der Waals surface area contributed by atoms with Gasteiger partial charge in [-0.1, -0.05) is 12.8 Å². The number of unbranched alkanes of at least 4 members (excludes halogenated alkanes) is 3. The van der Waals surface area contributed by atoms with Crippen LogP contribution in [0.25, 0.3) is 0 Å². The van der Waals surface area contributed by atoms with Crippen molar-refractivity contribution in [3.8, 4) is 0 Å². The number of amides is 1. The van der Waals surface area contributed by atoms with Crippen LogP contribution in [0.2, 0.25) is 0 Å². The van der Waals surface area contributed by atoms with E-state index in [1.54, 1.807) is 0 Å². The van der Waals surface area contributed by atoms with E-state index < -0.39 is 0 Å². The molecular weight excluding hydrogens is 302 g/mol. The number of piperidine rings is 1. The summed E-state index contributed by atoms with van der Waals surface area (Å²) in [6.07, 6.45) is 11.6. The van der Waals surface area contributed by atoms with Crippen LogP contribution in [-0.2, 0) is 17.8 Å². The lowest BCUT2D eigenvalue weighted by Gasteiger charge is -2.35. The molecule has 0 saturated carbocycles. The highest BCUT2D eigenvalue weighted by Crippen LogP contribution is 2.32. The van der Waals surface area contributed by atoms with Crippen molar-refractivity contribution in [2.45, 2.75) is 83.2 Å². The molecule has 6 heteroatoms. The largest absolute Gasteiger partial charge is 0.332 e. The number of hydrogen-bond donors (Lipinski definition) is 1. The second kappa shape index (κ2) is 8.60. The van der Waals surface area contributed by atoms with Gasteiger partial charge >= 0.3 is 0 Å². The fourth-order valence-corrected chi connectivity index (χ4v) is 3.99. The number of aryl methyl sites for hydroxylation is 1. The van der Waals surface area contributed by atoms with E-state index in [1.807, 2.05) is 0 Å². The summed E-state index contributed by atoms with van der Waals surface area (Å²) in [5.74, 6) is 2.43. The topological polar surface area (TPSA) is 77.0 Å². The van der Waals surface area contributed by atoms with Gasteiger partial charge in [0.1, 0.15) is 5.82 Å². The molecule has 1 amide bonds. The minimum absolute atomic E-state index is 0.134. The molecule has 2 N–H and O–H groups in total. The molecule has 134 valence electrons. The zero-order valence-corrected chi connectivity index (χ0v) is 14.8. The Hall–Kier alpha value is -1.43. The summed E-state index contributed by atoms with van der Waals surface area (Å²) in [5.41, 5.74) is 5.53.